The Hall–Kier alpha value is -6.00. The molecule has 1 aliphatic rings. The largest absolute Gasteiger partial charge is 0.456 e. The SMILES string of the molecule is c1ccc(-c2cc(C3=NC(c4ccc5ccccc5c4)NC(c4ccc5ccccc5c4)=N3)c3c(c2)oc2ccccc23)cc1. The highest BCUT2D eigenvalue weighted by Gasteiger charge is 2.25. The second kappa shape index (κ2) is 10.3. The van der Waals surface area contributed by atoms with Gasteiger partial charge in [-0.25, -0.2) is 9.98 Å². The van der Waals surface area contributed by atoms with Crippen molar-refractivity contribution in [1.29, 1.82) is 0 Å². The number of hydrogen-bond donors (Lipinski definition) is 1. The van der Waals surface area contributed by atoms with Crippen molar-refractivity contribution in [3.05, 3.63) is 168 Å². The molecule has 1 atom stereocenters. The summed E-state index contributed by atoms with van der Waals surface area (Å²) in [6.07, 6.45) is -0.336. The molecule has 1 unspecified atom stereocenters. The number of fused-ring (bicyclic) bond motifs is 5. The molecule has 0 fully saturated rings. The molecule has 1 aliphatic heterocycles. The van der Waals surface area contributed by atoms with Crippen LogP contribution in [0.3, 0.4) is 0 Å². The molecule has 0 aliphatic carbocycles. The summed E-state index contributed by atoms with van der Waals surface area (Å²) in [6.45, 7) is 0. The van der Waals surface area contributed by atoms with Gasteiger partial charge in [0.2, 0.25) is 0 Å². The lowest BCUT2D eigenvalue weighted by Crippen LogP contribution is -2.33. The molecule has 0 radical (unpaired) electrons. The predicted molar refractivity (Wildman–Crippen MR) is 186 cm³/mol. The van der Waals surface area contributed by atoms with Gasteiger partial charge in [-0.15, -0.1) is 0 Å². The molecule has 0 saturated heterocycles. The average Bonchev–Trinajstić information content (AvgIpc) is 3.49. The molecular weight excluding hydrogens is 550 g/mol. The van der Waals surface area contributed by atoms with Crippen LogP contribution in [0.25, 0.3) is 54.6 Å². The maximum absolute atomic E-state index is 6.45. The molecule has 4 heteroatoms. The number of nitrogens with zero attached hydrogens (tertiary/aromatic N) is 2. The second-order valence-corrected chi connectivity index (χ2v) is 11.5. The van der Waals surface area contributed by atoms with Crippen LogP contribution in [0.15, 0.2) is 166 Å². The van der Waals surface area contributed by atoms with Crippen molar-refractivity contribution in [2.75, 3.05) is 0 Å². The third kappa shape index (κ3) is 4.47. The summed E-state index contributed by atoms with van der Waals surface area (Å²) >= 11 is 0. The minimum Gasteiger partial charge on any atom is -0.456 e. The summed E-state index contributed by atoms with van der Waals surface area (Å²) in [5.41, 5.74) is 6.87. The highest BCUT2D eigenvalue weighted by Crippen LogP contribution is 2.37. The molecule has 0 saturated carbocycles. The maximum atomic E-state index is 6.45. The molecule has 212 valence electrons. The molecule has 0 amide bonds. The van der Waals surface area contributed by atoms with Gasteiger partial charge in [-0.2, -0.15) is 0 Å². The van der Waals surface area contributed by atoms with Gasteiger partial charge in [0.15, 0.2) is 5.84 Å². The lowest BCUT2D eigenvalue weighted by atomic mass is 9.97. The van der Waals surface area contributed by atoms with E-state index in [0.717, 1.165) is 55.6 Å². The molecule has 4 nitrogen and oxygen atoms in total. The van der Waals surface area contributed by atoms with E-state index in [-0.39, 0.29) is 6.17 Å². The van der Waals surface area contributed by atoms with E-state index in [1.54, 1.807) is 0 Å². The number of aliphatic imine (C=N–C) groups is 2. The van der Waals surface area contributed by atoms with E-state index in [9.17, 15) is 0 Å². The van der Waals surface area contributed by atoms with Gasteiger partial charge in [0, 0.05) is 21.9 Å². The Kier molecular flexibility index (Phi) is 5.85. The van der Waals surface area contributed by atoms with Crippen LogP contribution >= 0.6 is 0 Å². The molecule has 9 rings (SSSR count). The predicted octanol–water partition coefficient (Wildman–Crippen LogP) is 10.1. The van der Waals surface area contributed by atoms with E-state index in [1.807, 2.05) is 18.2 Å². The molecule has 8 aromatic rings. The number of furan rings is 1. The van der Waals surface area contributed by atoms with E-state index in [0.29, 0.717) is 5.84 Å². The van der Waals surface area contributed by atoms with Crippen LogP contribution in [0.5, 0.6) is 0 Å². The first kappa shape index (κ1) is 25.5. The first-order valence-electron chi connectivity index (χ1n) is 15.2. The van der Waals surface area contributed by atoms with Crippen LogP contribution in [0.2, 0.25) is 0 Å². The summed E-state index contributed by atoms with van der Waals surface area (Å²) in [5.74, 6) is 1.46. The van der Waals surface area contributed by atoms with Gasteiger partial charge in [0.05, 0.1) is 0 Å². The molecule has 1 N–H and O–H groups in total. The summed E-state index contributed by atoms with van der Waals surface area (Å²) in [7, 11) is 0. The lowest BCUT2D eigenvalue weighted by Gasteiger charge is -2.24. The molecule has 2 heterocycles. The van der Waals surface area contributed by atoms with Crippen LogP contribution in [0.1, 0.15) is 22.9 Å². The van der Waals surface area contributed by atoms with Gasteiger partial charge in [-0.3, -0.25) is 0 Å². The summed E-state index contributed by atoms with van der Waals surface area (Å²) < 4.78 is 6.45. The van der Waals surface area contributed by atoms with E-state index in [1.165, 1.54) is 21.5 Å². The zero-order valence-corrected chi connectivity index (χ0v) is 24.3. The summed E-state index contributed by atoms with van der Waals surface area (Å²) in [6, 6.07) is 52.8. The molecule has 1 aromatic heterocycles. The number of benzene rings is 7. The zero-order chi connectivity index (χ0) is 29.7. The Morgan fingerprint density at radius 1 is 0.511 bits per heavy atom. The third-order valence-electron chi connectivity index (χ3n) is 8.68. The average molecular weight is 578 g/mol. The zero-order valence-electron chi connectivity index (χ0n) is 24.3. The van der Waals surface area contributed by atoms with Gasteiger partial charge in [0.25, 0.3) is 0 Å². The molecule has 45 heavy (non-hydrogen) atoms. The van der Waals surface area contributed by atoms with Gasteiger partial charge in [-0.1, -0.05) is 121 Å². The number of amidine groups is 2. The Morgan fingerprint density at radius 3 is 2.02 bits per heavy atom. The fraction of sp³-hybridized carbons (Fsp3) is 0.0244. The van der Waals surface area contributed by atoms with Crippen molar-refractivity contribution in [2.24, 2.45) is 9.98 Å². The van der Waals surface area contributed by atoms with Gasteiger partial charge < -0.3 is 9.73 Å². The van der Waals surface area contributed by atoms with Crippen molar-refractivity contribution in [3.63, 3.8) is 0 Å². The topological polar surface area (TPSA) is 49.9 Å². The van der Waals surface area contributed by atoms with Gasteiger partial charge in [0.1, 0.15) is 23.2 Å². The van der Waals surface area contributed by atoms with Gasteiger partial charge >= 0.3 is 0 Å². The Morgan fingerprint density at radius 2 is 1.20 bits per heavy atom. The minimum absolute atomic E-state index is 0.336. The second-order valence-electron chi connectivity index (χ2n) is 11.5. The first-order chi connectivity index (χ1) is 22.3. The standard InChI is InChI=1S/C41H27N3O/c1-2-10-26(11-3-1)33-24-35(38-34-16-8-9-17-36(34)45-37(38)25-33)41-43-39(31-20-18-27-12-4-6-14-29(27)22-31)42-40(44-41)32-21-19-28-13-5-7-15-30(28)23-32/h1-25,39H,(H,42,43,44). The fourth-order valence-corrected chi connectivity index (χ4v) is 6.43. The normalized spacial score (nSPS) is 14.9. The third-order valence-corrected chi connectivity index (χ3v) is 8.68. The van der Waals surface area contributed by atoms with Crippen LogP contribution < -0.4 is 5.32 Å². The Balaban J connectivity index is 1.29. The molecule has 0 bridgehead atoms. The number of rotatable bonds is 4. The minimum atomic E-state index is -0.336. The summed E-state index contributed by atoms with van der Waals surface area (Å²) in [4.78, 5) is 10.6. The smallest absolute Gasteiger partial charge is 0.160 e. The van der Waals surface area contributed by atoms with Gasteiger partial charge in [-0.05, 0) is 68.6 Å². The van der Waals surface area contributed by atoms with Crippen molar-refractivity contribution < 1.29 is 4.42 Å². The van der Waals surface area contributed by atoms with Crippen molar-refractivity contribution in [3.8, 4) is 11.1 Å². The van der Waals surface area contributed by atoms with Crippen LogP contribution in [-0.4, -0.2) is 11.7 Å². The van der Waals surface area contributed by atoms with Crippen LogP contribution in [0, 0.1) is 0 Å². The molecule has 7 aromatic carbocycles. The quantitative estimate of drug-likeness (QED) is 0.226. The Bertz CT molecular complexity index is 2470. The van der Waals surface area contributed by atoms with Crippen molar-refractivity contribution in [1.82, 2.24) is 5.32 Å². The Labute approximate surface area is 260 Å². The molecular formula is C41H27N3O. The van der Waals surface area contributed by atoms with Crippen molar-refractivity contribution in [2.45, 2.75) is 6.17 Å². The number of hydrogen-bond acceptors (Lipinski definition) is 4. The van der Waals surface area contributed by atoms with E-state index < -0.39 is 0 Å². The van der Waals surface area contributed by atoms with E-state index in [4.69, 9.17) is 14.4 Å². The number of para-hydroxylation sites is 1. The fourth-order valence-electron chi connectivity index (χ4n) is 6.43. The highest BCUT2D eigenvalue weighted by atomic mass is 16.3. The molecule has 0 spiro atoms. The van der Waals surface area contributed by atoms with E-state index in [2.05, 4.69) is 139 Å². The van der Waals surface area contributed by atoms with Crippen LogP contribution in [-0.2, 0) is 0 Å². The van der Waals surface area contributed by atoms with Crippen molar-refractivity contribution >= 4 is 55.2 Å². The number of nitrogens with one attached hydrogen (secondary N) is 1. The highest BCUT2D eigenvalue weighted by molar-refractivity contribution is 6.22. The van der Waals surface area contributed by atoms with Crippen LogP contribution in [0.4, 0.5) is 0 Å². The first-order valence-corrected chi connectivity index (χ1v) is 15.2. The van der Waals surface area contributed by atoms with E-state index >= 15 is 0 Å². The monoisotopic (exact) mass is 577 g/mol. The lowest BCUT2D eigenvalue weighted by molar-refractivity contribution is 0.668. The summed E-state index contributed by atoms with van der Waals surface area (Å²) in [5, 5.41) is 10.5. The maximum Gasteiger partial charge on any atom is 0.160 e.